The fraction of sp³-hybridized carbons (Fsp3) is 0.429. The van der Waals surface area contributed by atoms with Crippen molar-refractivity contribution in [3.63, 3.8) is 0 Å². The van der Waals surface area contributed by atoms with Gasteiger partial charge in [0.15, 0.2) is 0 Å². The number of pyridine rings is 1. The number of aryl methyl sites for hydroxylation is 2. The molecule has 0 unspecified atom stereocenters. The normalized spacial score (nSPS) is 10.8. The highest BCUT2D eigenvalue weighted by Crippen LogP contribution is 2.22. The molecule has 108 valence electrons. The van der Waals surface area contributed by atoms with Gasteiger partial charge in [0.2, 0.25) is 0 Å². The minimum atomic E-state index is 0.465. The van der Waals surface area contributed by atoms with Crippen molar-refractivity contribution in [2.75, 3.05) is 6.54 Å². The minimum Gasteiger partial charge on any atom is -0.486 e. The molecule has 0 amide bonds. The Morgan fingerprint density at radius 1 is 1.40 bits per heavy atom. The predicted octanol–water partition coefficient (Wildman–Crippen LogP) is 2.45. The van der Waals surface area contributed by atoms with E-state index >= 15 is 0 Å². The number of nitrogens with zero attached hydrogens (tertiary/aromatic N) is 3. The molecule has 2 N–H and O–H groups in total. The van der Waals surface area contributed by atoms with E-state index in [2.05, 4.69) is 32.9 Å². The summed E-state index contributed by atoms with van der Waals surface area (Å²) in [7, 11) is 0. The molecule has 0 saturated carbocycles. The number of ether oxygens (including phenoxy) is 1. The van der Waals surface area contributed by atoms with Crippen molar-refractivity contribution in [3.8, 4) is 5.75 Å². The molecule has 2 aromatic rings. The van der Waals surface area contributed by atoms with Gasteiger partial charge in [-0.05, 0) is 48.5 Å². The van der Waals surface area contributed by atoms with Gasteiger partial charge in [0, 0.05) is 18.7 Å². The van der Waals surface area contributed by atoms with Crippen molar-refractivity contribution in [1.29, 1.82) is 0 Å². The zero-order valence-corrected chi connectivity index (χ0v) is 13.4. The number of hydrogen-bond acceptors (Lipinski definition) is 4. The molecule has 0 radical (unpaired) electrons. The highest BCUT2D eigenvalue weighted by Gasteiger charge is 2.12. The molecule has 2 aromatic heterocycles. The second-order valence-corrected chi connectivity index (χ2v) is 5.27. The predicted molar refractivity (Wildman–Crippen MR) is 81.7 cm³/mol. The van der Waals surface area contributed by atoms with Gasteiger partial charge < -0.3 is 10.5 Å². The van der Waals surface area contributed by atoms with Crippen LogP contribution < -0.4 is 10.5 Å². The molecule has 20 heavy (non-hydrogen) atoms. The minimum absolute atomic E-state index is 0.465. The monoisotopic (exact) mass is 338 g/mol. The summed E-state index contributed by atoms with van der Waals surface area (Å²) in [6.07, 6.45) is 2.52. The van der Waals surface area contributed by atoms with Crippen LogP contribution in [0.15, 0.2) is 22.8 Å². The third-order valence-electron chi connectivity index (χ3n) is 3.03. The molecular weight excluding hydrogens is 320 g/mol. The molecule has 0 saturated heterocycles. The second-order valence-electron chi connectivity index (χ2n) is 4.47. The Hall–Kier alpha value is -1.40. The summed E-state index contributed by atoms with van der Waals surface area (Å²) >= 11 is 3.55. The van der Waals surface area contributed by atoms with Crippen LogP contribution in [0, 0.1) is 6.92 Å². The number of nitrogens with two attached hydrogens (primary N) is 1. The van der Waals surface area contributed by atoms with E-state index in [4.69, 9.17) is 10.5 Å². The Bertz CT molecular complexity index is 565. The number of rotatable bonds is 6. The van der Waals surface area contributed by atoms with E-state index in [0.29, 0.717) is 13.2 Å². The van der Waals surface area contributed by atoms with Crippen molar-refractivity contribution in [1.82, 2.24) is 14.8 Å². The first-order valence-corrected chi connectivity index (χ1v) is 7.44. The quantitative estimate of drug-likeness (QED) is 0.878. The first kappa shape index (κ1) is 15.0. The van der Waals surface area contributed by atoms with E-state index in [9.17, 15) is 0 Å². The van der Waals surface area contributed by atoms with E-state index in [1.165, 1.54) is 0 Å². The van der Waals surface area contributed by atoms with Gasteiger partial charge in [-0.3, -0.25) is 9.67 Å². The van der Waals surface area contributed by atoms with Crippen molar-refractivity contribution in [3.05, 3.63) is 39.9 Å². The summed E-state index contributed by atoms with van der Waals surface area (Å²) in [6.45, 7) is 5.93. The molecule has 0 fully saturated rings. The van der Waals surface area contributed by atoms with Crippen LogP contribution in [0.4, 0.5) is 0 Å². The Kier molecular flexibility index (Phi) is 5.14. The van der Waals surface area contributed by atoms with Crippen LogP contribution in [0.3, 0.4) is 0 Å². The van der Waals surface area contributed by atoms with Crippen LogP contribution >= 0.6 is 15.9 Å². The van der Waals surface area contributed by atoms with Crippen LogP contribution in [0.25, 0.3) is 0 Å². The van der Waals surface area contributed by atoms with Crippen LogP contribution in [0.2, 0.25) is 0 Å². The summed E-state index contributed by atoms with van der Waals surface area (Å²) in [5, 5.41) is 4.44. The molecule has 0 spiro atoms. The van der Waals surface area contributed by atoms with E-state index in [-0.39, 0.29) is 0 Å². The van der Waals surface area contributed by atoms with Gasteiger partial charge >= 0.3 is 0 Å². The molecule has 0 aromatic carbocycles. The Morgan fingerprint density at radius 2 is 2.20 bits per heavy atom. The Balaban J connectivity index is 2.05. The maximum atomic E-state index is 5.78. The first-order valence-electron chi connectivity index (χ1n) is 6.65. The average Bonchev–Trinajstić information content (AvgIpc) is 2.74. The zero-order valence-electron chi connectivity index (χ0n) is 11.8. The zero-order chi connectivity index (χ0) is 14.5. The van der Waals surface area contributed by atoms with Gasteiger partial charge in [0.25, 0.3) is 0 Å². The van der Waals surface area contributed by atoms with Crippen LogP contribution in [-0.4, -0.2) is 21.3 Å². The summed E-state index contributed by atoms with van der Waals surface area (Å²) in [5.74, 6) is 0.749. The molecule has 0 aliphatic rings. The second kappa shape index (κ2) is 6.85. The van der Waals surface area contributed by atoms with Crippen molar-refractivity contribution in [2.45, 2.75) is 33.4 Å². The third-order valence-corrected chi connectivity index (χ3v) is 4.06. The molecule has 5 nitrogen and oxygen atoms in total. The number of halogens is 1. The van der Waals surface area contributed by atoms with Gasteiger partial charge in [0.1, 0.15) is 12.4 Å². The third kappa shape index (κ3) is 3.37. The number of aromatic nitrogens is 3. The maximum absolute atomic E-state index is 5.78. The maximum Gasteiger partial charge on any atom is 0.138 e. The van der Waals surface area contributed by atoms with Gasteiger partial charge in [-0.1, -0.05) is 0 Å². The highest BCUT2D eigenvalue weighted by molar-refractivity contribution is 9.10. The van der Waals surface area contributed by atoms with Crippen LogP contribution in [0.1, 0.15) is 24.0 Å². The fourth-order valence-electron chi connectivity index (χ4n) is 1.95. The molecule has 2 heterocycles. The standard InChI is InChI=1S/C14H19BrN4O/c1-3-19-13(14(15)10(2)18-19)9-20-12-5-4-11(6-7-16)17-8-12/h4-5,8H,3,6-7,9,16H2,1-2H3. The summed E-state index contributed by atoms with van der Waals surface area (Å²) < 4.78 is 8.72. The van der Waals surface area contributed by atoms with E-state index < -0.39 is 0 Å². The summed E-state index contributed by atoms with van der Waals surface area (Å²) in [4.78, 5) is 4.31. The van der Waals surface area contributed by atoms with Gasteiger partial charge in [-0.2, -0.15) is 5.10 Å². The van der Waals surface area contributed by atoms with Crippen LogP contribution in [0.5, 0.6) is 5.75 Å². The molecule has 0 atom stereocenters. The smallest absolute Gasteiger partial charge is 0.138 e. The van der Waals surface area contributed by atoms with Crippen molar-refractivity contribution < 1.29 is 4.74 Å². The highest BCUT2D eigenvalue weighted by atomic mass is 79.9. The Morgan fingerprint density at radius 3 is 2.80 bits per heavy atom. The molecule has 0 aliphatic heterocycles. The van der Waals surface area contributed by atoms with Gasteiger partial charge in [0.05, 0.1) is 22.1 Å². The first-order chi connectivity index (χ1) is 9.65. The molecule has 0 aliphatic carbocycles. The topological polar surface area (TPSA) is 66.0 Å². The summed E-state index contributed by atoms with van der Waals surface area (Å²) in [5.41, 5.74) is 8.49. The van der Waals surface area contributed by atoms with Crippen LogP contribution in [-0.2, 0) is 19.6 Å². The summed E-state index contributed by atoms with van der Waals surface area (Å²) in [6, 6.07) is 3.87. The van der Waals surface area contributed by atoms with E-state index in [1.807, 2.05) is 23.7 Å². The van der Waals surface area contributed by atoms with E-state index in [1.54, 1.807) is 6.20 Å². The lowest BCUT2D eigenvalue weighted by Gasteiger charge is -2.08. The molecule has 6 heteroatoms. The van der Waals surface area contributed by atoms with Gasteiger partial charge in [-0.15, -0.1) is 0 Å². The van der Waals surface area contributed by atoms with Crippen molar-refractivity contribution >= 4 is 15.9 Å². The lowest BCUT2D eigenvalue weighted by Crippen LogP contribution is -2.07. The molecule has 0 bridgehead atoms. The molecular formula is C14H19BrN4O. The largest absolute Gasteiger partial charge is 0.486 e. The SMILES string of the molecule is CCn1nc(C)c(Br)c1COc1ccc(CCN)nc1. The molecule has 2 rings (SSSR count). The lowest BCUT2D eigenvalue weighted by molar-refractivity contribution is 0.290. The Labute approximate surface area is 127 Å². The van der Waals surface area contributed by atoms with Crippen molar-refractivity contribution in [2.24, 2.45) is 5.73 Å². The lowest BCUT2D eigenvalue weighted by atomic mass is 10.3. The fourth-order valence-corrected chi connectivity index (χ4v) is 2.35. The number of hydrogen-bond donors (Lipinski definition) is 1. The van der Waals surface area contributed by atoms with Gasteiger partial charge in [-0.25, -0.2) is 0 Å². The average molecular weight is 339 g/mol. The van der Waals surface area contributed by atoms with E-state index in [0.717, 1.165) is 40.3 Å².